The van der Waals surface area contributed by atoms with E-state index in [1.165, 1.54) is 0 Å². The van der Waals surface area contributed by atoms with E-state index in [-0.39, 0.29) is 36.2 Å². The Morgan fingerprint density at radius 2 is 2.00 bits per heavy atom. The van der Waals surface area contributed by atoms with Crippen LogP contribution in [0.4, 0.5) is 0 Å². The fourth-order valence-electron chi connectivity index (χ4n) is 2.47. The molecule has 2 aliphatic heterocycles. The average molecular weight is 431 g/mol. The molecule has 2 heterocycles. The maximum atomic E-state index is 8.97. The number of nitrogens with zero attached hydrogens (tertiary/aromatic N) is 2. The number of aliphatic imine (C=N–C) groups is 1. The van der Waals surface area contributed by atoms with E-state index in [0.29, 0.717) is 32.3 Å². The molecule has 2 saturated heterocycles. The number of aliphatic hydroxyl groups excluding tert-OH is 1. The second kappa shape index (κ2) is 10.1. The van der Waals surface area contributed by atoms with Crippen molar-refractivity contribution in [3.05, 3.63) is 0 Å². The summed E-state index contributed by atoms with van der Waals surface area (Å²) in [6.07, 6.45) is 1.61. The molecule has 3 N–H and O–H groups in total. The lowest BCUT2D eigenvalue weighted by Gasteiger charge is -2.36. The highest BCUT2D eigenvalue weighted by molar-refractivity contribution is 14.0. The molecule has 0 saturated carbocycles. The molecule has 0 aromatic rings. The standard InChI is InChI=1S/C13H25N3O3S.HI/c14-12(16-3-9-20-10-4-16)15-11-13(19-8-5-17)1-6-18-7-2-13;/h17H,1-11H2,(H2,14,15);1H. The Balaban J connectivity index is 0.00000220. The molecular weight excluding hydrogens is 405 g/mol. The number of halogens is 1. The highest BCUT2D eigenvalue weighted by atomic mass is 127. The summed E-state index contributed by atoms with van der Waals surface area (Å²) in [7, 11) is 0. The van der Waals surface area contributed by atoms with Crippen molar-refractivity contribution in [3.63, 3.8) is 0 Å². The molecule has 6 nitrogen and oxygen atoms in total. The Morgan fingerprint density at radius 3 is 2.62 bits per heavy atom. The lowest BCUT2D eigenvalue weighted by atomic mass is 9.94. The molecule has 2 aliphatic rings. The summed E-state index contributed by atoms with van der Waals surface area (Å²) in [4.78, 5) is 6.68. The Labute approximate surface area is 147 Å². The first-order valence-corrected chi connectivity index (χ1v) is 8.36. The largest absolute Gasteiger partial charge is 0.394 e. The number of aliphatic hydroxyl groups is 1. The SMILES string of the molecule is I.NC(=NCC1(OCCO)CCOCC1)N1CCSCC1. The first-order valence-electron chi connectivity index (χ1n) is 7.21. The molecule has 8 heteroatoms. The molecule has 2 rings (SSSR count). The zero-order chi connectivity index (χ0) is 14.3. The summed E-state index contributed by atoms with van der Waals surface area (Å²) in [5.41, 5.74) is 5.76. The van der Waals surface area contributed by atoms with Gasteiger partial charge < -0.3 is 25.2 Å². The highest BCUT2D eigenvalue weighted by Crippen LogP contribution is 2.25. The lowest BCUT2D eigenvalue weighted by Crippen LogP contribution is -2.46. The quantitative estimate of drug-likeness (QED) is 0.376. The van der Waals surface area contributed by atoms with Gasteiger partial charge in [-0.25, -0.2) is 0 Å². The van der Waals surface area contributed by atoms with Crippen molar-refractivity contribution in [2.75, 3.05) is 57.6 Å². The van der Waals surface area contributed by atoms with Crippen molar-refractivity contribution in [2.45, 2.75) is 18.4 Å². The minimum atomic E-state index is -0.323. The number of hydrogen-bond donors (Lipinski definition) is 2. The molecule has 0 atom stereocenters. The van der Waals surface area contributed by atoms with E-state index in [2.05, 4.69) is 9.89 Å². The second-order valence-corrected chi connectivity index (χ2v) is 6.37. The van der Waals surface area contributed by atoms with Gasteiger partial charge >= 0.3 is 0 Å². The summed E-state index contributed by atoms with van der Waals surface area (Å²) in [6, 6.07) is 0. The second-order valence-electron chi connectivity index (χ2n) is 5.14. The number of hydrogen-bond acceptors (Lipinski definition) is 5. The fourth-order valence-corrected chi connectivity index (χ4v) is 3.37. The molecule has 21 heavy (non-hydrogen) atoms. The van der Waals surface area contributed by atoms with E-state index in [9.17, 15) is 0 Å². The zero-order valence-corrected chi connectivity index (χ0v) is 15.5. The molecule has 0 aromatic heterocycles. The maximum absolute atomic E-state index is 8.97. The molecule has 0 spiro atoms. The lowest BCUT2D eigenvalue weighted by molar-refractivity contribution is -0.111. The third-order valence-corrected chi connectivity index (χ3v) is 4.71. The summed E-state index contributed by atoms with van der Waals surface area (Å²) >= 11 is 1.95. The van der Waals surface area contributed by atoms with Gasteiger partial charge in [0, 0.05) is 50.7 Å². The molecule has 0 radical (unpaired) electrons. The van der Waals surface area contributed by atoms with Gasteiger partial charge in [-0.2, -0.15) is 11.8 Å². The van der Waals surface area contributed by atoms with Gasteiger partial charge in [-0.05, 0) is 0 Å². The van der Waals surface area contributed by atoms with Crippen LogP contribution >= 0.6 is 35.7 Å². The summed E-state index contributed by atoms with van der Waals surface area (Å²) in [6.45, 7) is 4.22. The van der Waals surface area contributed by atoms with Crippen molar-refractivity contribution in [2.24, 2.45) is 10.7 Å². The van der Waals surface area contributed by atoms with Gasteiger partial charge in [0.15, 0.2) is 5.96 Å². The molecule has 0 aromatic carbocycles. The van der Waals surface area contributed by atoms with E-state index >= 15 is 0 Å². The predicted octanol–water partition coefficient (Wildman–Crippen LogP) is 0.526. The van der Waals surface area contributed by atoms with Gasteiger partial charge in [-0.3, -0.25) is 4.99 Å². The monoisotopic (exact) mass is 431 g/mol. The molecule has 0 unspecified atom stereocenters. The third-order valence-electron chi connectivity index (χ3n) is 3.77. The Hall–Kier alpha value is 0.230. The molecule has 0 aliphatic carbocycles. The molecule has 124 valence electrons. The number of ether oxygens (including phenoxy) is 2. The van der Waals surface area contributed by atoms with E-state index < -0.39 is 0 Å². The van der Waals surface area contributed by atoms with Crippen LogP contribution in [0.25, 0.3) is 0 Å². The van der Waals surface area contributed by atoms with Crippen LogP contribution in [0, 0.1) is 0 Å². The molecule has 2 fully saturated rings. The van der Waals surface area contributed by atoms with Gasteiger partial charge in [-0.15, -0.1) is 24.0 Å². The van der Waals surface area contributed by atoms with E-state index in [4.69, 9.17) is 20.3 Å². The van der Waals surface area contributed by atoms with Gasteiger partial charge in [-0.1, -0.05) is 0 Å². The van der Waals surface area contributed by atoms with Crippen molar-refractivity contribution in [1.29, 1.82) is 0 Å². The van der Waals surface area contributed by atoms with Crippen LogP contribution in [-0.2, 0) is 9.47 Å². The summed E-state index contributed by atoms with van der Waals surface area (Å²) < 4.78 is 11.2. The van der Waals surface area contributed by atoms with Crippen LogP contribution in [0.1, 0.15) is 12.8 Å². The summed E-state index contributed by atoms with van der Waals surface area (Å²) in [5.74, 6) is 2.83. The fraction of sp³-hybridized carbons (Fsp3) is 0.923. The minimum absolute atomic E-state index is 0. The third kappa shape index (κ3) is 6.09. The first-order chi connectivity index (χ1) is 9.76. The zero-order valence-electron chi connectivity index (χ0n) is 12.3. The topological polar surface area (TPSA) is 80.3 Å². The Bertz CT molecular complexity index is 322. The van der Waals surface area contributed by atoms with Gasteiger partial charge in [0.25, 0.3) is 0 Å². The maximum Gasteiger partial charge on any atom is 0.191 e. The average Bonchev–Trinajstić information content (AvgIpc) is 2.52. The van der Waals surface area contributed by atoms with E-state index in [1.54, 1.807) is 0 Å². The van der Waals surface area contributed by atoms with Crippen molar-refractivity contribution in [1.82, 2.24) is 4.90 Å². The highest BCUT2D eigenvalue weighted by Gasteiger charge is 2.33. The van der Waals surface area contributed by atoms with Gasteiger partial charge in [0.1, 0.15) is 0 Å². The van der Waals surface area contributed by atoms with Crippen LogP contribution in [0.5, 0.6) is 0 Å². The normalized spacial score (nSPS) is 22.7. The van der Waals surface area contributed by atoms with E-state index in [1.807, 2.05) is 11.8 Å². The minimum Gasteiger partial charge on any atom is -0.394 e. The number of rotatable bonds is 5. The van der Waals surface area contributed by atoms with Crippen LogP contribution in [0.15, 0.2) is 4.99 Å². The molecular formula is C13H26IN3O3S. The van der Waals surface area contributed by atoms with Crippen molar-refractivity contribution < 1.29 is 14.6 Å². The first kappa shape index (κ1) is 19.3. The smallest absolute Gasteiger partial charge is 0.191 e. The van der Waals surface area contributed by atoms with Crippen LogP contribution in [0.3, 0.4) is 0 Å². The summed E-state index contributed by atoms with van der Waals surface area (Å²) in [5, 5.41) is 8.97. The van der Waals surface area contributed by atoms with Crippen molar-refractivity contribution in [3.8, 4) is 0 Å². The van der Waals surface area contributed by atoms with Gasteiger partial charge in [0.05, 0.1) is 25.4 Å². The number of guanidine groups is 1. The molecule has 0 amide bonds. The van der Waals surface area contributed by atoms with E-state index in [0.717, 1.165) is 37.4 Å². The van der Waals surface area contributed by atoms with Crippen molar-refractivity contribution >= 4 is 41.7 Å². The molecule has 0 bridgehead atoms. The van der Waals surface area contributed by atoms with Crippen LogP contribution in [0.2, 0.25) is 0 Å². The van der Waals surface area contributed by atoms with Crippen LogP contribution < -0.4 is 5.73 Å². The van der Waals surface area contributed by atoms with Gasteiger partial charge in [0.2, 0.25) is 0 Å². The van der Waals surface area contributed by atoms with Crippen LogP contribution in [-0.4, -0.2) is 79.1 Å². The number of nitrogens with two attached hydrogens (primary N) is 1. The predicted molar refractivity (Wildman–Crippen MR) is 96.6 cm³/mol. The Morgan fingerprint density at radius 1 is 1.33 bits per heavy atom. The number of thioether (sulfide) groups is 1. The Kier molecular flexibility index (Phi) is 9.26.